The summed E-state index contributed by atoms with van der Waals surface area (Å²) < 4.78 is 37.6. The zero-order valence-corrected chi connectivity index (χ0v) is 63.8. The number of hydrogen-bond donors (Lipinski definition) is 0. The number of fused-ring (bicyclic) bond motifs is 14. The van der Waals surface area contributed by atoms with Gasteiger partial charge in [0, 0.05) is 47.9 Å². The van der Waals surface area contributed by atoms with Crippen LogP contribution in [0, 0.1) is 0 Å². The van der Waals surface area contributed by atoms with E-state index in [-0.39, 0.29) is 22.4 Å². The first kappa shape index (κ1) is 69.5. The molecule has 0 spiro atoms. The van der Waals surface area contributed by atoms with Crippen LogP contribution in [0.4, 0.5) is 0 Å². The molecule has 0 unspecified atom stereocenters. The first-order valence-corrected chi connectivity index (χ1v) is 37.8. The van der Waals surface area contributed by atoms with Gasteiger partial charge in [-0.1, -0.05) is 283 Å². The van der Waals surface area contributed by atoms with E-state index in [1.54, 1.807) is 0 Å². The lowest BCUT2D eigenvalue weighted by molar-refractivity contribution is 0.00578. The minimum atomic E-state index is -0.476. The van der Waals surface area contributed by atoms with Crippen LogP contribution in [-0.2, 0) is 38.8 Å². The van der Waals surface area contributed by atoms with Crippen molar-refractivity contribution in [3.8, 4) is 44.8 Å². The van der Waals surface area contributed by atoms with E-state index in [4.69, 9.17) is 37.9 Å². The molecule has 8 nitrogen and oxygen atoms in total. The molecule has 2 aromatic heterocycles. The fraction of sp³-hybridized carbons (Fsp3) is 0.213. The molecular weight excluding hydrogens is 1370 g/mol. The van der Waals surface area contributed by atoms with Crippen molar-refractivity contribution in [3.63, 3.8) is 0 Å². The quantitative estimate of drug-likeness (QED) is 0.110. The molecule has 106 heavy (non-hydrogen) atoms. The Balaban J connectivity index is 0.000000128. The predicted molar refractivity (Wildman–Crippen MR) is 440 cm³/mol. The molecule has 522 valence electrons. The highest BCUT2D eigenvalue weighted by Gasteiger charge is 2.64. The predicted octanol–water partition coefficient (Wildman–Crippen LogP) is 22.1. The van der Waals surface area contributed by atoms with E-state index in [2.05, 4.69) is 335 Å². The topological polar surface area (TPSA) is 81.2 Å². The zero-order valence-electron chi connectivity index (χ0n) is 62.2. The molecule has 19 rings (SSSR count). The van der Waals surface area contributed by atoms with Gasteiger partial charge in [-0.25, -0.2) is 9.97 Å². The van der Waals surface area contributed by atoms with E-state index in [9.17, 15) is 0 Å². The van der Waals surface area contributed by atoms with Gasteiger partial charge in [-0.15, -0.1) is 0 Å². The van der Waals surface area contributed by atoms with Crippen molar-refractivity contribution >= 4 is 85.9 Å². The van der Waals surface area contributed by atoms with Gasteiger partial charge in [-0.2, -0.15) is 0 Å². The highest BCUT2D eigenvalue weighted by atomic mass is 79.9. The van der Waals surface area contributed by atoms with Gasteiger partial charge >= 0.3 is 21.1 Å². The molecule has 5 aliphatic rings. The Morgan fingerprint density at radius 3 is 0.934 bits per heavy atom. The molecule has 0 amide bonds. The molecule has 0 saturated carbocycles. The molecule has 0 bridgehead atoms. The third-order valence-electron chi connectivity index (χ3n) is 24.2. The standard InChI is InChI=1S/C44H36BNO2.C38H24BrN.C12H24B2O4/c1-42(2)43(3,4)48-45(47-42)32-25-23-29(24-26-32)41-35-27-28-37-40(39(35)34-20-12-14-22-38(34)46-41)33-19-11-13-21-36(33)44(37,30-15-7-5-8-16-30)31-17-9-6-10-18-31;39-28-21-19-25(20-22-28)37-31-23-24-33-36(35(31)30-16-8-10-18-34(30)40-37)29-15-7-9-17-32(29)38(33,26-11-3-1-4-12-26)27-13-5-2-6-14-27;1-9(2)10(3,4)16-13(15-9)14-17-11(5,6)12(7,8)18-14/h5-28H,1-4H3;1-24H;1-8H3. The maximum Gasteiger partial charge on any atom is 0.494 e. The van der Waals surface area contributed by atoms with Crippen LogP contribution >= 0.6 is 15.9 Å². The average Bonchev–Trinajstić information content (AvgIpc) is 1.51. The molecule has 2 aliphatic carbocycles. The second kappa shape index (κ2) is 25.8. The third kappa shape index (κ3) is 11.0. The molecule has 0 N–H and O–H groups in total. The van der Waals surface area contributed by atoms with Crippen LogP contribution in [0.5, 0.6) is 0 Å². The Bertz CT molecular complexity index is 5560. The van der Waals surface area contributed by atoms with Gasteiger partial charge in [-0.3, -0.25) is 0 Å². The number of para-hydroxylation sites is 2. The maximum absolute atomic E-state index is 6.36. The minimum absolute atomic E-state index is 0.360. The molecule has 12 aromatic carbocycles. The van der Waals surface area contributed by atoms with Gasteiger partial charge in [0.25, 0.3) is 0 Å². The Hall–Kier alpha value is -9.59. The monoisotopic (exact) mass is 1450 g/mol. The molecule has 0 atom stereocenters. The second-order valence-corrected chi connectivity index (χ2v) is 32.7. The molecular formula is C94H84B3BrN2O6. The van der Waals surface area contributed by atoms with E-state index in [0.717, 1.165) is 54.3 Å². The summed E-state index contributed by atoms with van der Waals surface area (Å²) in [4.78, 5) is 10.5. The van der Waals surface area contributed by atoms with Gasteiger partial charge in [0.2, 0.25) is 0 Å². The summed E-state index contributed by atoms with van der Waals surface area (Å²) in [6.07, 6.45) is 0. The lowest BCUT2D eigenvalue weighted by Crippen LogP contribution is -2.41. The number of pyridine rings is 2. The van der Waals surface area contributed by atoms with Crippen molar-refractivity contribution < 1.29 is 27.9 Å². The SMILES string of the molecule is Brc1ccc(-c2nc3ccccc3c3c4c(ccc23)C(c2ccccc2)(c2ccccc2)c2ccccc2-4)cc1.CC1(C)OB(B2OC(C)(C)C(C)(C)O2)OC1(C)C.CC1(C)OB(c2ccc(-c3nc4ccccc4c4c5c(ccc34)C(c3ccccc3)(c3ccccc3)c3ccccc3-5)cc2)OC1(C)C. The number of aromatic nitrogens is 2. The number of benzene rings is 12. The molecule has 3 saturated heterocycles. The van der Waals surface area contributed by atoms with Gasteiger partial charge in [0.05, 0.1) is 66.9 Å². The van der Waals surface area contributed by atoms with Crippen molar-refractivity contribution in [2.45, 2.75) is 128 Å². The Labute approximate surface area is 632 Å². The Morgan fingerprint density at radius 2 is 0.575 bits per heavy atom. The van der Waals surface area contributed by atoms with Crippen molar-refractivity contribution in [2.24, 2.45) is 0 Å². The smallest absolute Gasteiger partial charge is 0.405 e. The van der Waals surface area contributed by atoms with Crippen molar-refractivity contribution in [3.05, 3.63) is 340 Å². The van der Waals surface area contributed by atoms with Crippen molar-refractivity contribution in [1.82, 2.24) is 9.97 Å². The van der Waals surface area contributed by atoms with E-state index < -0.39 is 43.2 Å². The third-order valence-corrected chi connectivity index (χ3v) is 24.7. The molecule has 5 heterocycles. The van der Waals surface area contributed by atoms with E-state index >= 15 is 0 Å². The fourth-order valence-corrected chi connectivity index (χ4v) is 17.0. The summed E-state index contributed by atoms with van der Waals surface area (Å²) >= 11 is 3.60. The second-order valence-electron chi connectivity index (χ2n) is 31.8. The molecule has 12 heteroatoms. The normalized spacial score (nSPS) is 18.2. The van der Waals surface area contributed by atoms with Gasteiger partial charge in [0.1, 0.15) is 0 Å². The first-order valence-electron chi connectivity index (χ1n) is 37.0. The van der Waals surface area contributed by atoms with Crippen LogP contribution < -0.4 is 5.46 Å². The van der Waals surface area contributed by atoms with E-state index in [1.807, 2.05) is 55.4 Å². The van der Waals surface area contributed by atoms with Gasteiger partial charge in [-0.05, 0) is 180 Å². The Kier molecular flexibility index (Phi) is 16.9. The molecule has 0 radical (unpaired) electrons. The van der Waals surface area contributed by atoms with Crippen LogP contribution in [-0.4, -0.2) is 64.7 Å². The van der Waals surface area contributed by atoms with E-state index in [0.29, 0.717) is 0 Å². The summed E-state index contributed by atoms with van der Waals surface area (Å²) in [5, 5.41) is 7.16. The summed E-state index contributed by atoms with van der Waals surface area (Å²) in [6, 6.07) is 105. The van der Waals surface area contributed by atoms with Crippen LogP contribution in [0.3, 0.4) is 0 Å². The summed E-state index contributed by atoms with van der Waals surface area (Å²) in [5.74, 6) is 0. The lowest BCUT2D eigenvalue weighted by Gasteiger charge is -2.34. The highest BCUT2D eigenvalue weighted by molar-refractivity contribution is 9.10. The lowest BCUT2D eigenvalue weighted by atomic mass is 9.49. The van der Waals surface area contributed by atoms with Crippen molar-refractivity contribution in [2.75, 3.05) is 0 Å². The van der Waals surface area contributed by atoms with Gasteiger partial charge < -0.3 is 27.9 Å². The van der Waals surface area contributed by atoms with Crippen LogP contribution in [0.25, 0.3) is 88.1 Å². The fourth-order valence-electron chi connectivity index (χ4n) is 16.8. The van der Waals surface area contributed by atoms with Crippen LogP contribution in [0.1, 0.15) is 128 Å². The molecule has 14 aromatic rings. The summed E-state index contributed by atoms with van der Waals surface area (Å²) in [5.41, 5.74) is 19.5. The van der Waals surface area contributed by atoms with Gasteiger partial charge in [0.15, 0.2) is 0 Å². The van der Waals surface area contributed by atoms with Crippen LogP contribution in [0.15, 0.2) is 296 Å². The largest absolute Gasteiger partial charge is 0.494 e. The number of halogens is 1. The minimum Gasteiger partial charge on any atom is -0.405 e. The average molecular weight is 1450 g/mol. The number of rotatable bonds is 8. The molecule has 3 fully saturated rings. The number of hydrogen-bond acceptors (Lipinski definition) is 8. The summed E-state index contributed by atoms with van der Waals surface area (Å²) in [6.45, 7) is 24.6. The number of nitrogens with zero attached hydrogens (tertiary/aromatic N) is 2. The van der Waals surface area contributed by atoms with E-state index in [1.165, 1.54) is 88.3 Å². The Morgan fingerprint density at radius 1 is 0.274 bits per heavy atom. The van der Waals surface area contributed by atoms with Crippen LogP contribution in [0.2, 0.25) is 0 Å². The highest BCUT2D eigenvalue weighted by Crippen LogP contribution is 2.61. The molecule has 3 aliphatic heterocycles. The maximum atomic E-state index is 6.36. The van der Waals surface area contributed by atoms with Crippen molar-refractivity contribution in [1.29, 1.82) is 0 Å². The zero-order chi connectivity index (χ0) is 73.3. The summed E-state index contributed by atoms with van der Waals surface area (Å²) in [7, 11) is -1.36. The first-order chi connectivity index (χ1) is 50.9.